The Labute approximate surface area is 126 Å². The number of thioether (sulfide) groups is 1. The number of anilines is 1. The van der Waals surface area contributed by atoms with Crippen LogP contribution in [0, 0.1) is 0 Å². The Balaban J connectivity index is 2.08. The van der Waals surface area contributed by atoms with Gasteiger partial charge in [0, 0.05) is 19.2 Å². The number of hydrogen-bond acceptors (Lipinski definition) is 3. The van der Waals surface area contributed by atoms with Crippen molar-refractivity contribution in [3.63, 3.8) is 0 Å². The summed E-state index contributed by atoms with van der Waals surface area (Å²) in [4.78, 5) is 10.9. The summed E-state index contributed by atoms with van der Waals surface area (Å²) < 4.78 is 0. The second kappa shape index (κ2) is 10.7. The van der Waals surface area contributed by atoms with Gasteiger partial charge in [0.1, 0.15) is 0 Å². The molecule has 1 amide bonds. The number of carbonyl (C=O) groups excluding carboxylic acids is 1. The van der Waals surface area contributed by atoms with Crippen molar-refractivity contribution in [3.8, 4) is 0 Å². The molecular formula is C16H26N2OS. The molecule has 0 bridgehead atoms. The van der Waals surface area contributed by atoms with Crippen LogP contribution in [0.3, 0.4) is 0 Å². The summed E-state index contributed by atoms with van der Waals surface area (Å²) in [5.74, 6) is 1.26. The Hall–Kier alpha value is -1.00. The molecule has 0 aromatic heterocycles. The highest BCUT2D eigenvalue weighted by molar-refractivity contribution is 7.98. The monoisotopic (exact) mass is 294 g/mol. The van der Waals surface area contributed by atoms with E-state index < -0.39 is 0 Å². The Morgan fingerprint density at radius 3 is 2.45 bits per heavy atom. The first-order chi connectivity index (χ1) is 9.72. The van der Waals surface area contributed by atoms with Gasteiger partial charge in [0.2, 0.25) is 5.91 Å². The van der Waals surface area contributed by atoms with Gasteiger partial charge in [-0.15, -0.1) is 0 Å². The summed E-state index contributed by atoms with van der Waals surface area (Å²) in [7, 11) is 0. The van der Waals surface area contributed by atoms with Crippen molar-refractivity contribution in [2.45, 2.75) is 39.2 Å². The molecule has 3 nitrogen and oxygen atoms in total. The SMILES string of the molecule is CSCCCCCCNCc1ccc(NC(C)=O)cc1. The maximum atomic E-state index is 10.9. The highest BCUT2D eigenvalue weighted by Crippen LogP contribution is 2.09. The van der Waals surface area contributed by atoms with E-state index in [2.05, 4.69) is 29.0 Å². The van der Waals surface area contributed by atoms with Crippen LogP contribution in [0.25, 0.3) is 0 Å². The summed E-state index contributed by atoms with van der Waals surface area (Å²) in [5.41, 5.74) is 2.11. The van der Waals surface area contributed by atoms with E-state index in [1.54, 1.807) is 0 Å². The number of unbranched alkanes of at least 4 members (excludes halogenated alkanes) is 3. The van der Waals surface area contributed by atoms with Crippen molar-refractivity contribution in [2.24, 2.45) is 0 Å². The van der Waals surface area contributed by atoms with Crippen molar-refractivity contribution < 1.29 is 4.79 Å². The van der Waals surface area contributed by atoms with Gasteiger partial charge in [0.15, 0.2) is 0 Å². The molecule has 112 valence electrons. The lowest BCUT2D eigenvalue weighted by atomic mass is 10.2. The van der Waals surface area contributed by atoms with E-state index in [9.17, 15) is 4.79 Å². The molecular weight excluding hydrogens is 268 g/mol. The van der Waals surface area contributed by atoms with Crippen LogP contribution in [-0.2, 0) is 11.3 Å². The van der Waals surface area contributed by atoms with Gasteiger partial charge in [-0.25, -0.2) is 0 Å². The minimum atomic E-state index is -0.0302. The Kier molecular flexibility index (Phi) is 9.16. The van der Waals surface area contributed by atoms with E-state index in [1.165, 1.54) is 43.9 Å². The summed E-state index contributed by atoms with van der Waals surface area (Å²) in [6.45, 7) is 3.49. The average Bonchev–Trinajstić information content (AvgIpc) is 2.43. The van der Waals surface area contributed by atoms with Crippen molar-refractivity contribution in [1.82, 2.24) is 5.32 Å². The Bertz CT molecular complexity index is 379. The van der Waals surface area contributed by atoms with Crippen molar-refractivity contribution >= 4 is 23.4 Å². The van der Waals surface area contributed by atoms with Crippen LogP contribution in [0.5, 0.6) is 0 Å². The highest BCUT2D eigenvalue weighted by atomic mass is 32.2. The summed E-state index contributed by atoms with van der Waals surface area (Å²) >= 11 is 1.93. The Morgan fingerprint density at radius 2 is 1.80 bits per heavy atom. The summed E-state index contributed by atoms with van der Waals surface area (Å²) in [6.07, 6.45) is 7.41. The second-order valence-corrected chi connectivity index (χ2v) is 5.95. The maximum absolute atomic E-state index is 10.9. The Morgan fingerprint density at radius 1 is 1.10 bits per heavy atom. The van der Waals surface area contributed by atoms with E-state index >= 15 is 0 Å². The van der Waals surface area contributed by atoms with Gasteiger partial charge in [-0.2, -0.15) is 11.8 Å². The molecule has 0 aliphatic heterocycles. The van der Waals surface area contributed by atoms with Crippen LogP contribution in [0.15, 0.2) is 24.3 Å². The lowest BCUT2D eigenvalue weighted by molar-refractivity contribution is -0.114. The van der Waals surface area contributed by atoms with Gasteiger partial charge >= 0.3 is 0 Å². The van der Waals surface area contributed by atoms with Gasteiger partial charge in [-0.05, 0) is 49.1 Å². The lowest BCUT2D eigenvalue weighted by Gasteiger charge is -2.06. The fraction of sp³-hybridized carbons (Fsp3) is 0.562. The zero-order valence-electron chi connectivity index (χ0n) is 12.6. The maximum Gasteiger partial charge on any atom is 0.221 e. The fourth-order valence-corrected chi connectivity index (χ4v) is 2.48. The van der Waals surface area contributed by atoms with Crippen LogP contribution in [0.2, 0.25) is 0 Å². The first-order valence-corrected chi connectivity index (χ1v) is 8.68. The summed E-state index contributed by atoms with van der Waals surface area (Å²) in [6, 6.07) is 8.00. The molecule has 2 N–H and O–H groups in total. The van der Waals surface area contributed by atoms with E-state index in [4.69, 9.17) is 0 Å². The number of carbonyl (C=O) groups is 1. The molecule has 0 saturated carbocycles. The van der Waals surface area contributed by atoms with Crippen LogP contribution in [0.4, 0.5) is 5.69 Å². The molecule has 0 atom stereocenters. The quantitative estimate of drug-likeness (QED) is 0.647. The minimum Gasteiger partial charge on any atom is -0.326 e. The van der Waals surface area contributed by atoms with Crippen LogP contribution in [0.1, 0.15) is 38.2 Å². The first kappa shape index (κ1) is 17.1. The molecule has 1 rings (SSSR count). The minimum absolute atomic E-state index is 0.0302. The van der Waals surface area contributed by atoms with E-state index in [-0.39, 0.29) is 5.91 Å². The second-order valence-electron chi connectivity index (χ2n) is 4.96. The molecule has 20 heavy (non-hydrogen) atoms. The van der Waals surface area contributed by atoms with Gasteiger partial charge in [0.05, 0.1) is 0 Å². The van der Waals surface area contributed by atoms with Crippen molar-refractivity contribution in [1.29, 1.82) is 0 Å². The zero-order valence-corrected chi connectivity index (χ0v) is 13.4. The fourth-order valence-electron chi connectivity index (χ4n) is 1.99. The largest absolute Gasteiger partial charge is 0.326 e. The third kappa shape index (κ3) is 8.23. The molecule has 0 spiro atoms. The number of amides is 1. The van der Waals surface area contributed by atoms with Crippen LogP contribution >= 0.6 is 11.8 Å². The van der Waals surface area contributed by atoms with Gasteiger partial charge in [-0.1, -0.05) is 25.0 Å². The third-order valence-corrected chi connectivity index (χ3v) is 3.75. The standard InChI is InChI=1S/C16H26N2OS/c1-14(19)18-16-9-7-15(8-10-16)13-17-11-5-3-4-6-12-20-2/h7-10,17H,3-6,11-13H2,1-2H3,(H,18,19). The molecule has 0 heterocycles. The number of hydrogen-bond donors (Lipinski definition) is 2. The summed E-state index contributed by atoms with van der Waals surface area (Å²) in [5, 5.41) is 6.23. The van der Waals surface area contributed by atoms with E-state index in [0.29, 0.717) is 0 Å². The molecule has 4 heteroatoms. The number of rotatable bonds is 10. The molecule has 0 radical (unpaired) electrons. The van der Waals surface area contributed by atoms with Crippen LogP contribution < -0.4 is 10.6 Å². The zero-order chi connectivity index (χ0) is 14.6. The smallest absolute Gasteiger partial charge is 0.221 e. The molecule has 0 fully saturated rings. The van der Waals surface area contributed by atoms with Crippen molar-refractivity contribution in [3.05, 3.63) is 29.8 Å². The first-order valence-electron chi connectivity index (χ1n) is 7.28. The molecule has 1 aromatic carbocycles. The molecule has 0 unspecified atom stereocenters. The van der Waals surface area contributed by atoms with Crippen LogP contribution in [-0.4, -0.2) is 24.5 Å². The lowest BCUT2D eigenvalue weighted by Crippen LogP contribution is -2.14. The van der Waals surface area contributed by atoms with E-state index in [1.807, 2.05) is 23.9 Å². The number of benzene rings is 1. The number of nitrogens with one attached hydrogen (secondary N) is 2. The average molecular weight is 294 g/mol. The van der Waals surface area contributed by atoms with Gasteiger partial charge in [-0.3, -0.25) is 4.79 Å². The molecule has 0 aliphatic carbocycles. The van der Waals surface area contributed by atoms with Gasteiger partial charge < -0.3 is 10.6 Å². The highest BCUT2D eigenvalue weighted by Gasteiger charge is 1.96. The topological polar surface area (TPSA) is 41.1 Å². The molecule has 1 aromatic rings. The third-order valence-electron chi connectivity index (χ3n) is 3.06. The normalized spacial score (nSPS) is 10.5. The molecule has 0 aliphatic rings. The van der Waals surface area contributed by atoms with E-state index in [0.717, 1.165) is 18.8 Å². The predicted octanol–water partition coefficient (Wildman–Crippen LogP) is 3.66. The van der Waals surface area contributed by atoms with Gasteiger partial charge in [0.25, 0.3) is 0 Å². The predicted molar refractivity (Wildman–Crippen MR) is 89.3 cm³/mol. The molecule has 0 saturated heterocycles. The van der Waals surface area contributed by atoms with Crippen molar-refractivity contribution in [2.75, 3.05) is 23.9 Å².